The van der Waals surface area contributed by atoms with Crippen LogP contribution in [0.5, 0.6) is 17.2 Å². The summed E-state index contributed by atoms with van der Waals surface area (Å²) < 4.78 is 17.4. The first-order valence-electron chi connectivity index (χ1n) is 14.1. The summed E-state index contributed by atoms with van der Waals surface area (Å²) in [6.07, 6.45) is 3.10. The zero-order chi connectivity index (χ0) is 28.8. The second-order valence-corrected chi connectivity index (χ2v) is 10.1. The van der Waals surface area contributed by atoms with Crippen molar-refractivity contribution < 1.29 is 28.9 Å². The number of carbonyl (C=O) groups excluding carboxylic acids is 2. The Labute approximate surface area is 236 Å². The van der Waals surface area contributed by atoms with Crippen LogP contribution in [0.4, 0.5) is 0 Å². The van der Waals surface area contributed by atoms with E-state index in [1.807, 2.05) is 32.0 Å². The first-order chi connectivity index (χ1) is 19.3. The van der Waals surface area contributed by atoms with Gasteiger partial charge in [-0.2, -0.15) is 0 Å². The van der Waals surface area contributed by atoms with Gasteiger partial charge in [-0.05, 0) is 81.4 Å². The smallest absolute Gasteiger partial charge is 0.295 e. The van der Waals surface area contributed by atoms with E-state index in [0.717, 1.165) is 30.9 Å². The third-order valence-electron chi connectivity index (χ3n) is 7.42. The number of ketones is 1. The predicted octanol–water partition coefficient (Wildman–Crippen LogP) is 5.13. The molecule has 8 nitrogen and oxygen atoms in total. The summed E-state index contributed by atoms with van der Waals surface area (Å²) >= 11 is 0. The van der Waals surface area contributed by atoms with Crippen molar-refractivity contribution in [2.75, 3.05) is 39.4 Å². The van der Waals surface area contributed by atoms with Crippen molar-refractivity contribution in [1.82, 2.24) is 9.80 Å². The van der Waals surface area contributed by atoms with E-state index >= 15 is 0 Å². The van der Waals surface area contributed by atoms with Crippen molar-refractivity contribution >= 4 is 17.4 Å². The van der Waals surface area contributed by atoms with Gasteiger partial charge in [-0.3, -0.25) is 9.59 Å². The van der Waals surface area contributed by atoms with Crippen LogP contribution in [0.2, 0.25) is 0 Å². The summed E-state index contributed by atoms with van der Waals surface area (Å²) in [5.74, 6) is 0.307. The van der Waals surface area contributed by atoms with Gasteiger partial charge in [0.1, 0.15) is 24.2 Å². The Bertz CT molecular complexity index is 1280. The highest BCUT2D eigenvalue weighted by atomic mass is 16.5. The van der Waals surface area contributed by atoms with Gasteiger partial charge in [0.15, 0.2) is 11.5 Å². The number of hydrogen-bond acceptors (Lipinski definition) is 7. The molecule has 214 valence electrons. The Balaban J connectivity index is 1.78. The highest BCUT2D eigenvalue weighted by molar-refractivity contribution is 6.46. The number of carbonyl (C=O) groups is 2. The average molecular weight is 549 g/mol. The van der Waals surface area contributed by atoms with E-state index in [4.69, 9.17) is 14.2 Å². The minimum atomic E-state index is -0.771. The lowest BCUT2D eigenvalue weighted by Gasteiger charge is -2.27. The van der Waals surface area contributed by atoms with Crippen molar-refractivity contribution in [3.63, 3.8) is 0 Å². The van der Waals surface area contributed by atoms with Crippen LogP contribution in [0.1, 0.15) is 56.8 Å². The third kappa shape index (κ3) is 6.02. The number of rotatable bonds is 13. The fraction of sp³-hybridized carbons (Fsp3) is 0.438. The lowest BCUT2D eigenvalue weighted by atomic mass is 9.94. The van der Waals surface area contributed by atoms with Crippen molar-refractivity contribution in [1.29, 1.82) is 0 Å². The van der Waals surface area contributed by atoms with Crippen LogP contribution in [0.25, 0.3) is 5.76 Å². The van der Waals surface area contributed by atoms with Crippen LogP contribution >= 0.6 is 0 Å². The second-order valence-electron chi connectivity index (χ2n) is 10.1. The van der Waals surface area contributed by atoms with Crippen LogP contribution in [0.3, 0.4) is 0 Å². The Morgan fingerprint density at radius 2 is 1.90 bits per heavy atom. The monoisotopic (exact) mass is 548 g/mol. The highest BCUT2D eigenvalue weighted by Gasteiger charge is 2.46. The number of fused-ring (bicyclic) bond motifs is 1. The molecule has 40 heavy (non-hydrogen) atoms. The molecular formula is C32H40N2O6. The Hall–Kier alpha value is -3.78. The molecule has 1 fully saturated rings. The number of aliphatic hydroxyl groups is 1. The molecule has 8 heteroatoms. The minimum Gasteiger partial charge on any atom is -0.507 e. The molecule has 2 aliphatic heterocycles. The van der Waals surface area contributed by atoms with E-state index in [1.54, 1.807) is 29.2 Å². The number of hydrogen-bond donors (Lipinski definition) is 1. The molecule has 1 N–H and O–H groups in total. The standard InChI is InChI=1S/C32H40N2O6/c1-6-17-39-26-14-11-22(20-27(26)38-9-4)29-28(30(35)23-12-13-25-24(19-23)18-21(5)40-25)31(36)32(37)34(29)16-10-15-33(7-2)8-3/h6,11-14,19-21,29,35H,1,7-10,15-18H2,2-5H3/t21-,29+/m1/s1. The molecule has 0 unspecified atom stereocenters. The maximum Gasteiger partial charge on any atom is 0.295 e. The van der Waals surface area contributed by atoms with E-state index < -0.39 is 17.7 Å². The van der Waals surface area contributed by atoms with Crippen molar-refractivity contribution in [3.05, 3.63) is 71.3 Å². The summed E-state index contributed by atoms with van der Waals surface area (Å²) in [5, 5.41) is 11.6. The van der Waals surface area contributed by atoms with Crippen LogP contribution in [-0.2, 0) is 16.0 Å². The van der Waals surface area contributed by atoms with Gasteiger partial charge in [0.25, 0.3) is 11.7 Å². The number of aliphatic hydroxyl groups excluding tert-OH is 1. The molecule has 0 saturated carbocycles. The largest absolute Gasteiger partial charge is 0.507 e. The van der Waals surface area contributed by atoms with Crippen LogP contribution in [-0.4, -0.2) is 72.1 Å². The molecule has 2 aromatic carbocycles. The van der Waals surface area contributed by atoms with Crippen LogP contribution in [0, 0.1) is 0 Å². The van der Waals surface area contributed by atoms with E-state index in [1.165, 1.54) is 0 Å². The van der Waals surface area contributed by atoms with E-state index in [0.29, 0.717) is 55.2 Å². The van der Waals surface area contributed by atoms with E-state index in [9.17, 15) is 14.7 Å². The van der Waals surface area contributed by atoms with E-state index in [-0.39, 0.29) is 17.4 Å². The Kier molecular flexibility index (Phi) is 9.53. The minimum absolute atomic E-state index is 0.0441. The van der Waals surface area contributed by atoms with Gasteiger partial charge in [-0.15, -0.1) is 0 Å². The lowest BCUT2D eigenvalue weighted by molar-refractivity contribution is -0.140. The van der Waals surface area contributed by atoms with Gasteiger partial charge in [-0.1, -0.05) is 32.6 Å². The van der Waals surface area contributed by atoms with Gasteiger partial charge in [0.2, 0.25) is 0 Å². The zero-order valence-corrected chi connectivity index (χ0v) is 23.9. The molecule has 0 bridgehead atoms. The molecule has 1 saturated heterocycles. The molecule has 2 atom stereocenters. The van der Waals surface area contributed by atoms with Crippen LogP contribution < -0.4 is 14.2 Å². The average Bonchev–Trinajstić information content (AvgIpc) is 3.45. The third-order valence-corrected chi connectivity index (χ3v) is 7.42. The maximum atomic E-state index is 13.5. The molecular weight excluding hydrogens is 508 g/mol. The molecule has 0 aliphatic carbocycles. The number of Topliss-reactive ketones (excluding diaryl/α,β-unsaturated/α-hetero) is 1. The molecule has 0 radical (unpaired) electrons. The van der Waals surface area contributed by atoms with Crippen molar-refractivity contribution in [2.24, 2.45) is 0 Å². The first kappa shape index (κ1) is 29.2. The molecule has 0 spiro atoms. The number of ether oxygens (including phenoxy) is 3. The number of nitrogens with zero attached hydrogens (tertiary/aromatic N) is 2. The lowest BCUT2D eigenvalue weighted by Crippen LogP contribution is -2.33. The SMILES string of the molecule is C=CCOc1ccc([C@H]2C(=C(O)c3ccc4c(c3)C[C@@H](C)O4)C(=O)C(=O)N2CCCN(CC)CC)cc1OCC. The first-order valence-corrected chi connectivity index (χ1v) is 14.1. The number of amides is 1. The zero-order valence-electron chi connectivity index (χ0n) is 23.9. The Morgan fingerprint density at radius 3 is 2.60 bits per heavy atom. The quantitative estimate of drug-likeness (QED) is 0.161. The topological polar surface area (TPSA) is 88.5 Å². The predicted molar refractivity (Wildman–Crippen MR) is 155 cm³/mol. The fourth-order valence-electron chi connectivity index (χ4n) is 5.42. The Morgan fingerprint density at radius 1 is 1.12 bits per heavy atom. The normalized spacial score (nSPS) is 19.6. The summed E-state index contributed by atoms with van der Waals surface area (Å²) in [7, 11) is 0. The highest BCUT2D eigenvalue weighted by Crippen LogP contribution is 2.43. The van der Waals surface area contributed by atoms with Crippen molar-refractivity contribution in [3.8, 4) is 17.2 Å². The number of benzene rings is 2. The van der Waals surface area contributed by atoms with Gasteiger partial charge in [0, 0.05) is 18.5 Å². The summed E-state index contributed by atoms with van der Waals surface area (Å²) in [5.41, 5.74) is 2.18. The maximum absolute atomic E-state index is 13.5. The summed E-state index contributed by atoms with van der Waals surface area (Å²) in [6, 6.07) is 10.00. The molecule has 4 rings (SSSR count). The van der Waals surface area contributed by atoms with Gasteiger partial charge in [-0.25, -0.2) is 0 Å². The van der Waals surface area contributed by atoms with Gasteiger partial charge in [0.05, 0.1) is 18.2 Å². The molecule has 2 aliphatic rings. The number of likely N-dealkylation sites (tertiary alicyclic amines) is 1. The second kappa shape index (κ2) is 13.0. The van der Waals surface area contributed by atoms with E-state index in [2.05, 4.69) is 25.3 Å². The fourth-order valence-corrected chi connectivity index (χ4v) is 5.42. The molecule has 2 aromatic rings. The van der Waals surface area contributed by atoms with Gasteiger partial charge < -0.3 is 29.1 Å². The van der Waals surface area contributed by atoms with Crippen LogP contribution in [0.15, 0.2) is 54.6 Å². The van der Waals surface area contributed by atoms with Gasteiger partial charge >= 0.3 is 0 Å². The molecule has 0 aromatic heterocycles. The summed E-state index contributed by atoms with van der Waals surface area (Å²) in [6.45, 7) is 15.5. The van der Waals surface area contributed by atoms with Crippen molar-refractivity contribution in [2.45, 2.75) is 52.7 Å². The molecule has 2 heterocycles. The molecule has 1 amide bonds. The summed E-state index contributed by atoms with van der Waals surface area (Å²) in [4.78, 5) is 30.8.